The van der Waals surface area contributed by atoms with Gasteiger partial charge in [0.1, 0.15) is 5.82 Å². The fourth-order valence-electron chi connectivity index (χ4n) is 2.91. The lowest BCUT2D eigenvalue weighted by molar-refractivity contribution is -0.142. The van der Waals surface area contributed by atoms with Crippen LogP contribution in [0.4, 0.5) is 5.95 Å². The second-order valence-electron chi connectivity index (χ2n) is 5.19. The van der Waals surface area contributed by atoms with Crippen LogP contribution in [-0.4, -0.2) is 36.9 Å². The summed E-state index contributed by atoms with van der Waals surface area (Å²) in [5, 5.41) is 22.6. The molecule has 0 amide bonds. The number of hydrogen-bond acceptors (Lipinski definition) is 5. The molecule has 1 aromatic heterocycles. The van der Waals surface area contributed by atoms with E-state index in [9.17, 15) is 14.7 Å². The van der Waals surface area contributed by atoms with Crippen molar-refractivity contribution in [1.82, 2.24) is 14.8 Å². The first-order valence-corrected chi connectivity index (χ1v) is 6.74. The van der Waals surface area contributed by atoms with Gasteiger partial charge in [0.25, 0.3) is 0 Å². The summed E-state index contributed by atoms with van der Waals surface area (Å²) in [4.78, 5) is 26.8. The number of anilines is 1. The Morgan fingerprint density at radius 1 is 1.32 bits per heavy atom. The van der Waals surface area contributed by atoms with Gasteiger partial charge in [-0.3, -0.25) is 0 Å². The molecule has 8 heteroatoms. The average Bonchev–Trinajstić information content (AvgIpc) is 2.86. The summed E-state index contributed by atoms with van der Waals surface area (Å²) in [6, 6.07) is 5.39. The standard InChI is InChI=1S/C14H14N4O4/c15-14-16-10-5-4-9(11(13(21)22)18(10)17-14)7-2-1-3-8(6-7)12(19)20/h1-3,6,9,11H,4-5H2,(H2,15,17)(H,19,20)(H,21,22). The molecule has 2 unspecified atom stereocenters. The van der Waals surface area contributed by atoms with Gasteiger partial charge in [-0.25, -0.2) is 14.3 Å². The quantitative estimate of drug-likeness (QED) is 0.767. The predicted octanol–water partition coefficient (Wildman–Crippen LogP) is 0.914. The Hall–Kier alpha value is -2.90. The molecule has 0 spiro atoms. The van der Waals surface area contributed by atoms with Crippen molar-refractivity contribution < 1.29 is 19.8 Å². The topological polar surface area (TPSA) is 131 Å². The molecule has 3 rings (SSSR count). The molecule has 0 saturated heterocycles. The fraction of sp³-hybridized carbons (Fsp3) is 0.286. The minimum Gasteiger partial charge on any atom is -0.480 e. The molecule has 0 fully saturated rings. The number of nitrogen functional groups attached to an aromatic ring is 1. The molecule has 1 aromatic carbocycles. The van der Waals surface area contributed by atoms with Gasteiger partial charge in [-0.05, 0) is 24.1 Å². The summed E-state index contributed by atoms with van der Waals surface area (Å²) < 4.78 is 1.33. The largest absolute Gasteiger partial charge is 0.480 e. The monoisotopic (exact) mass is 302 g/mol. The summed E-state index contributed by atoms with van der Waals surface area (Å²) in [5.74, 6) is -1.89. The van der Waals surface area contributed by atoms with Crippen LogP contribution in [-0.2, 0) is 11.2 Å². The molecule has 114 valence electrons. The zero-order valence-electron chi connectivity index (χ0n) is 11.5. The Morgan fingerprint density at radius 3 is 2.77 bits per heavy atom. The van der Waals surface area contributed by atoms with E-state index >= 15 is 0 Å². The van der Waals surface area contributed by atoms with E-state index in [1.165, 1.54) is 16.8 Å². The van der Waals surface area contributed by atoms with Gasteiger partial charge in [-0.15, -0.1) is 5.10 Å². The van der Waals surface area contributed by atoms with Gasteiger partial charge in [0.15, 0.2) is 6.04 Å². The first-order valence-electron chi connectivity index (χ1n) is 6.74. The highest BCUT2D eigenvalue weighted by molar-refractivity contribution is 5.87. The summed E-state index contributed by atoms with van der Waals surface area (Å²) in [7, 11) is 0. The Morgan fingerprint density at radius 2 is 2.09 bits per heavy atom. The summed E-state index contributed by atoms with van der Waals surface area (Å²) in [5.41, 5.74) is 6.34. The molecule has 2 heterocycles. The number of fused-ring (bicyclic) bond motifs is 1. The molecule has 0 aliphatic carbocycles. The number of benzene rings is 1. The number of hydrogen-bond donors (Lipinski definition) is 3. The number of aryl methyl sites for hydroxylation is 1. The van der Waals surface area contributed by atoms with Gasteiger partial charge in [-0.1, -0.05) is 12.1 Å². The minimum absolute atomic E-state index is 0.0428. The van der Waals surface area contributed by atoms with Crippen molar-refractivity contribution in [3.63, 3.8) is 0 Å². The molecule has 2 atom stereocenters. The number of nitrogens with zero attached hydrogens (tertiary/aromatic N) is 3. The Labute approximate surface area is 125 Å². The lowest BCUT2D eigenvalue weighted by atomic mass is 9.84. The van der Waals surface area contributed by atoms with Crippen molar-refractivity contribution in [3.8, 4) is 0 Å². The van der Waals surface area contributed by atoms with Crippen LogP contribution >= 0.6 is 0 Å². The van der Waals surface area contributed by atoms with E-state index < -0.39 is 18.0 Å². The third kappa shape index (κ3) is 2.28. The summed E-state index contributed by atoms with van der Waals surface area (Å²) in [6.07, 6.45) is 1.08. The molecule has 1 aliphatic heterocycles. The fourth-order valence-corrected chi connectivity index (χ4v) is 2.91. The Bertz CT molecular complexity index is 755. The first-order chi connectivity index (χ1) is 10.5. The normalized spacial score (nSPS) is 20.4. The van der Waals surface area contributed by atoms with Crippen LogP contribution in [0.3, 0.4) is 0 Å². The van der Waals surface area contributed by atoms with Crippen LogP contribution in [0, 0.1) is 0 Å². The van der Waals surface area contributed by atoms with E-state index in [-0.39, 0.29) is 17.4 Å². The number of aromatic nitrogens is 3. The van der Waals surface area contributed by atoms with Crippen LogP contribution < -0.4 is 5.73 Å². The number of carboxylic acids is 2. The number of rotatable bonds is 3. The number of aromatic carboxylic acids is 1. The Balaban J connectivity index is 2.05. The molecule has 22 heavy (non-hydrogen) atoms. The molecule has 1 aliphatic rings. The van der Waals surface area contributed by atoms with E-state index in [1.54, 1.807) is 12.1 Å². The van der Waals surface area contributed by atoms with E-state index in [0.717, 1.165) is 0 Å². The zero-order chi connectivity index (χ0) is 15.9. The highest BCUT2D eigenvalue weighted by Crippen LogP contribution is 2.37. The van der Waals surface area contributed by atoms with Gasteiger partial charge in [0.05, 0.1) is 5.56 Å². The van der Waals surface area contributed by atoms with Gasteiger partial charge in [0, 0.05) is 12.3 Å². The first kappa shape index (κ1) is 14.1. The smallest absolute Gasteiger partial charge is 0.335 e. The SMILES string of the molecule is Nc1nc2n(n1)C(C(=O)O)C(c1cccc(C(=O)O)c1)CC2. The second-order valence-corrected chi connectivity index (χ2v) is 5.19. The molecule has 0 bridgehead atoms. The van der Waals surface area contributed by atoms with E-state index in [2.05, 4.69) is 10.1 Å². The highest BCUT2D eigenvalue weighted by atomic mass is 16.4. The number of carbonyl (C=O) groups is 2. The van der Waals surface area contributed by atoms with Crippen LogP contribution in [0.5, 0.6) is 0 Å². The van der Waals surface area contributed by atoms with Crippen molar-refractivity contribution in [2.24, 2.45) is 0 Å². The number of nitrogens with two attached hydrogens (primary N) is 1. The van der Waals surface area contributed by atoms with Gasteiger partial charge in [-0.2, -0.15) is 4.98 Å². The third-order valence-electron chi connectivity index (χ3n) is 3.86. The van der Waals surface area contributed by atoms with Gasteiger partial charge in [0.2, 0.25) is 5.95 Å². The minimum atomic E-state index is -1.05. The zero-order valence-corrected chi connectivity index (χ0v) is 11.5. The number of carboxylic acid groups (broad SMARTS) is 2. The van der Waals surface area contributed by atoms with Crippen LogP contribution in [0.1, 0.15) is 40.1 Å². The van der Waals surface area contributed by atoms with Crippen molar-refractivity contribution in [2.45, 2.75) is 24.8 Å². The lowest BCUT2D eigenvalue weighted by Gasteiger charge is -2.29. The lowest BCUT2D eigenvalue weighted by Crippen LogP contribution is -2.32. The maximum Gasteiger partial charge on any atom is 0.335 e. The summed E-state index contributed by atoms with van der Waals surface area (Å²) >= 11 is 0. The van der Waals surface area contributed by atoms with Crippen LogP contribution in [0.2, 0.25) is 0 Å². The molecule has 8 nitrogen and oxygen atoms in total. The van der Waals surface area contributed by atoms with E-state index in [1.807, 2.05) is 0 Å². The van der Waals surface area contributed by atoms with Gasteiger partial charge < -0.3 is 15.9 Å². The van der Waals surface area contributed by atoms with Crippen molar-refractivity contribution in [3.05, 3.63) is 41.2 Å². The molecule has 4 N–H and O–H groups in total. The maximum absolute atomic E-state index is 11.7. The third-order valence-corrected chi connectivity index (χ3v) is 3.86. The Kier molecular flexibility index (Phi) is 3.28. The molecular formula is C14H14N4O4. The highest BCUT2D eigenvalue weighted by Gasteiger charge is 2.37. The van der Waals surface area contributed by atoms with Crippen molar-refractivity contribution >= 4 is 17.9 Å². The molecule has 0 radical (unpaired) electrons. The maximum atomic E-state index is 11.7. The van der Waals surface area contributed by atoms with Crippen molar-refractivity contribution in [1.29, 1.82) is 0 Å². The van der Waals surface area contributed by atoms with E-state index in [4.69, 9.17) is 10.8 Å². The predicted molar refractivity (Wildman–Crippen MR) is 75.6 cm³/mol. The van der Waals surface area contributed by atoms with Crippen molar-refractivity contribution in [2.75, 3.05) is 5.73 Å². The van der Waals surface area contributed by atoms with Gasteiger partial charge >= 0.3 is 11.9 Å². The number of aliphatic carboxylic acids is 1. The molecule has 2 aromatic rings. The van der Waals surface area contributed by atoms with E-state index in [0.29, 0.717) is 24.2 Å². The van der Waals surface area contributed by atoms with Crippen LogP contribution in [0.15, 0.2) is 24.3 Å². The van der Waals surface area contributed by atoms with Crippen LogP contribution in [0.25, 0.3) is 0 Å². The average molecular weight is 302 g/mol. The molecule has 0 saturated carbocycles. The second kappa shape index (κ2) is 5.14. The summed E-state index contributed by atoms with van der Waals surface area (Å²) in [6.45, 7) is 0. The molecular weight excluding hydrogens is 288 g/mol.